The van der Waals surface area contributed by atoms with E-state index in [4.69, 9.17) is 0 Å². The molecular weight excluding hydrogens is 412 g/mol. The predicted octanol–water partition coefficient (Wildman–Crippen LogP) is 3.02. The van der Waals surface area contributed by atoms with E-state index < -0.39 is 9.84 Å². The standard InChI is InChI=1S/C23H24N4O3S/c28-23(25-11-6-13-26-14-12-24-18-26)16-27-15-22(20-9-4-5-10-21(20)27)31(29,30)17-19-7-2-1-3-8-19/h1-5,7-10,12,14-15,18H,6,11,13,16-17H2,(H,25,28). The number of amides is 1. The Labute approximate surface area is 181 Å². The highest BCUT2D eigenvalue weighted by Crippen LogP contribution is 2.28. The Bertz CT molecular complexity index is 1260. The van der Waals surface area contributed by atoms with Crippen molar-refractivity contribution in [3.8, 4) is 0 Å². The quantitative estimate of drug-likeness (QED) is 0.409. The molecule has 0 saturated carbocycles. The molecule has 8 heteroatoms. The van der Waals surface area contributed by atoms with Crippen molar-refractivity contribution < 1.29 is 13.2 Å². The summed E-state index contributed by atoms with van der Waals surface area (Å²) in [4.78, 5) is 16.7. The van der Waals surface area contributed by atoms with E-state index in [-0.39, 0.29) is 23.1 Å². The highest BCUT2D eigenvalue weighted by atomic mass is 32.2. The molecule has 0 unspecified atom stereocenters. The Kier molecular flexibility index (Phi) is 6.18. The number of imidazole rings is 1. The fourth-order valence-corrected chi connectivity index (χ4v) is 5.16. The first kappa shape index (κ1) is 20.9. The van der Waals surface area contributed by atoms with Crippen LogP contribution >= 0.6 is 0 Å². The molecule has 0 atom stereocenters. The summed E-state index contributed by atoms with van der Waals surface area (Å²) in [5.41, 5.74) is 1.46. The van der Waals surface area contributed by atoms with Crippen molar-refractivity contribution in [2.75, 3.05) is 6.54 Å². The zero-order valence-corrected chi connectivity index (χ0v) is 17.8. The van der Waals surface area contributed by atoms with E-state index in [1.807, 2.05) is 47.2 Å². The minimum absolute atomic E-state index is 0.0620. The van der Waals surface area contributed by atoms with E-state index in [0.717, 1.165) is 24.0 Å². The summed E-state index contributed by atoms with van der Waals surface area (Å²) < 4.78 is 29.9. The molecule has 1 amide bonds. The number of carbonyl (C=O) groups excluding carboxylic acids is 1. The zero-order valence-electron chi connectivity index (χ0n) is 17.0. The highest BCUT2D eigenvalue weighted by molar-refractivity contribution is 7.90. The second-order valence-corrected chi connectivity index (χ2v) is 9.35. The third kappa shape index (κ3) is 5.03. The maximum atomic E-state index is 13.1. The lowest BCUT2D eigenvalue weighted by atomic mass is 10.2. The van der Waals surface area contributed by atoms with Crippen molar-refractivity contribution in [1.29, 1.82) is 0 Å². The van der Waals surface area contributed by atoms with Gasteiger partial charge in [-0.2, -0.15) is 0 Å². The third-order valence-corrected chi connectivity index (χ3v) is 6.78. The van der Waals surface area contributed by atoms with Crippen LogP contribution in [0.15, 0.2) is 84.4 Å². The summed E-state index contributed by atoms with van der Waals surface area (Å²) in [5, 5.41) is 3.53. The van der Waals surface area contributed by atoms with Crippen molar-refractivity contribution in [2.24, 2.45) is 0 Å². The molecule has 7 nitrogen and oxygen atoms in total. The van der Waals surface area contributed by atoms with Crippen LogP contribution in [0.3, 0.4) is 0 Å². The molecule has 160 valence electrons. The van der Waals surface area contributed by atoms with Crippen LogP contribution in [0.25, 0.3) is 10.9 Å². The van der Waals surface area contributed by atoms with Gasteiger partial charge in [-0.15, -0.1) is 0 Å². The van der Waals surface area contributed by atoms with Crippen LogP contribution < -0.4 is 5.32 Å². The molecule has 0 saturated heterocycles. The molecule has 0 aliphatic carbocycles. The van der Waals surface area contributed by atoms with Gasteiger partial charge in [0, 0.05) is 42.6 Å². The van der Waals surface area contributed by atoms with Crippen molar-refractivity contribution in [2.45, 2.75) is 30.2 Å². The normalized spacial score (nSPS) is 11.6. The first-order chi connectivity index (χ1) is 15.0. The molecule has 2 aromatic heterocycles. The van der Waals surface area contributed by atoms with Gasteiger partial charge in [0.25, 0.3) is 0 Å². The number of carbonyl (C=O) groups is 1. The lowest BCUT2D eigenvalue weighted by Crippen LogP contribution is -2.28. The molecule has 0 radical (unpaired) electrons. The molecule has 4 aromatic rings. The van der Waals surface area contributed by atoms with E-state index in [9.17, 15) is 13.2 Å². The van der Waals surface area contributed by atoms with Crippen molar-refractivity contribution in [1.82, 2.24) is 19.4 Å². The number of para-hydroxylation sites is 1. The van der Waals surface area contributed by atoms with Gasteiger partial charge >= 0.3 is 0 Å². The van der Waals surface area contributed by atoms with Crippen LogP contribution in [0.1, 0.15) is 12.0 Å². The van der Waals surface area contributed by atoms with Crippen LogP contribution in [0, 0.1) is 0 Å². The van der Waals surface area contributed by atoms with Crippen molar-refractivity contribution in [3.63, 3.8) is 0 Å². The highest BCUT2D eigenvalue weighted by Gasteiger charge is 2.22. The average Bonchev–Trinajstić information content (AvgIpc) is 3.40. The summed E-state index contributed by atoms with van der Waals surface area (Å²) in [7, 11) is -3.56. The molecular formula is C23H24N4O3S. The van der Waals surface area contributed by atoms with Crippen LogP contribution in [-0.4, -0.2) is 35.0 Å². The van der Waals surface area contributed by atoms with Gasteiger partial charge < -0.3 is 14.5 Å². The summed E-state index contributed by atoms with van der Waals surface area (Å²) in [5.74, 6) is -0.235. The molecule has 4 rings (SSSR count). The molecule has 0 fully saturated rings. The minimum Gasteiger partial charge on any atom is -0.354 e. The fraction of sp³-hybridized carbons (Fsp3) is 0.217. The number of aryl methyl sites for hydroxylation is 1. The minimum atomic E-state index is -3.56. The van der Waals surface area contributed by atoms with Gasteiger partial charge in [0.05, 0.1) is 17.0 Å². The van der Waals surface area contributed by atoms with Gasteiger partial charge in [-0.1, -0.05) is 48.5 Å². The lowest BCUT2D eigenvalue weighted by Gasteiger charge is -2.07. The fourth-order valence-electron chi connectivity index (χ4n) is 3.58. The Morgan fingerprint density at radius 3 is 2.58 bits per heavy atom. The molecule has 1 N–H and O–H groups in total. The Hall–Kier alpha value is -3.39. The van der Waals surface area contributed by atoms with E-state index in [1.165, 1.54) is 0 Å². The topological polar surface area (TPSA) is 86.0 Å². The number of fused-ring (bicyclic) bond motifs is 1. The van der Waals surface area contributed by atoms with Gasteiger partial charge in [-0.3, -0.25) is 4.79 Å². The predicted molar refractivity (Wildman–Crippen MR) is 119 cm³/mol. The summed E-state index contributed by atoms with van der Waals surface area (Å²) in [6.45, 7) is 1.37. The van der Waals surface area contributed by atoms with Crippen molar-refractivity contribution >= 4 is 26.6 Å². The largest absolute Gasteiger partial charge is 0.354 e. The maximum Gasteiger partial charge on any atom is 0.239 e. The van der Waals surface area contributed by atoms with Gasteiger partial charge in [-0.25, -0.2) is 13.4 Å². The Balaban J connectivity index is 1.48. The Morgan fingerprint density at radius 2 is 1.81 bits per heavy atom. The monoisotopic (exact) mass is 436 g/mol. The second-order valence-electron chi connectivity index (χ2n) is 7.39. The second kappa shape index (κ2) is 9.18. The van der Waals surface area contributed by atoms with E-state index >= 15 is 0 Å². The van der Waals surface area contributed by atoms with Gasteiger partial charge in [0.15, 0.2) is 9.84 Å². The number of benzene rings is 2. The van der Waals surface area contributed by atoms with Gasteiger partial charge in [-0.05, 0) is 18.1 Å². The SMILES string of the molecule is O=C(Cn1cc(S(=O)(=O)Cc2ccccc2)c2ccccc21)NCCCn1ccnc1. The molecule has 0 aliphatic heterocycles. The average molecular weight is 437 g/mol. The number of rotatable bonds is 9. The van der Waals surface area contributed by atoms with Crippen molar-refractivity contribution in [3.05, 3.63) is 85.1 Å². The molecule has 0 spiro atoms. The number of aromatic nitrogens is 3. The number of nitrogens with one attached hydrogen (secondary N) is 1. The zero-order chi connectivity index (χ0) is 21.7. The van der Waals surface area contributed by atoms with E-state index in [2.05, 4.69) is 10.3 Å². The smallest absolute Gasteiger partial charge is 0.239 e. The number of hydrogen-bond acceptors (Lipinski definition) is 4. The first-order valence-corrected chi connectivity index (χ1v) is 11.8. The summed E-state index contributed by atoms with van der Waals surface area (Å²) >= 11 is 0. The first-order valence-electron chi connectivity index (χ1n) is 10.1. The van der Waals surface area contributed by atoms with E-state index in [1.54, 1.807) is 41.5 Å². The van der Waals surface area contributed by atoms with Crippen LogP contribution in [0.4, 0.5) is 0 Å². The Morgan fingerprint density at radius 1 is 1.03 bits per heavy atom. The van der Waals surface area contributed by atoms with Crippen LogP contribution in [0.2, 0.25) is 0 Å². The number of nitrogens with zero attached hydrogens (tertiary/aromatic N) is 3. The number of sulfone groups is 1. The lowest BCUT2D eigenvalue weighted by molar-refractivity contribution is -0.121. The summed E-state index contributed by atoms with van der Waals surface area (Å²) in [6.07, 6.45) is 7.70. The van der Waals surface area contributed by atoms with Gasteiger partial charge in [0.1, 0.15) is 6.54 Å². The van der Waals surface area contributed by atoms with Gasteiger partial charge in [0.2, 0.25) is 5.91 Å². The summed E-state index contributed by atoms with van der Waals surface area (Å²) in [6, 6.07) is 16.4. The molecule has 0 bridgehead atoms. The maximum absolute atomic E-state index is 13.1. The third-order valence-electron chi connectivity index (χ3n) is 5.08. The van der Waals surface area contributed by atoms with Crippen LogP contribution in [0.5, 0.6) is 0 Å². The molecule has 31 heavy (non-hydrogen) atoms. The van der Waals surface area contributed by atoms with E-state index in [0.29, 0.717) is 11.9 Å². The van der Waals surface area contributed by atoms with Crippen LogP contribution in [-0.2, 0) is 33.5 Å². The molecule has 2 heterocycles. The number of hydrogen-bond donors (Lipinski definition) is 1. The molecule has 2 aromatic carbocycles. The molecule has 0 aliphatic rings.